The maximum atomic E-state index is 10.2. The molecule has 0 bridgehead atoms. The van der Waals surface area contributed by atoms with Crippen LogP contribution >= 0.6 is 0 Å². The summed E-state index contributed by atoms with van der Waals surface area (Å²) in [7, 11) is 1.48. The highest BCUT2D eigenvalue weighted by molar-refractivity contribution is 4.99. The highest BCUT2D eigenvalue weighted by atomic mass is 16.7. The van der Waals surface area contributed by atoms with Crippen molar-refractivity contribution in [2.45, 2.75) is 81.6 Å². The normalized spacial score (nSPS) is 51.7. The van der Waals surface area contributed by atoms with Crippen molar-refractivity contribution in [3.63, 3.8) is 0 Å². The Morgan fingerprint density at radius 1 is 1.09 bits per heavy atom. The second-order valence-electron chi connectivity index (χ2n) is 6.73. The largest absolute Gasteiger partial charge is 0.390 e. The van der Waals surface area contributed by atoms with E-state index in [4.69, 9.17) is 31.4 Å². The summed E-state index contributed by atoms with van der Waals surface area (Å²) < 4.78 is 17.2. The molecule has 8 nitrogen and oxygen atoms in total. The number of ether oxygens (including phenoxy) is 3. The van der Waals surface area contributed by atoms with E-state index in [2.05, 4.69) is 0 Å². The smallest absolute Gasteiger partial charge is 0.173 e. The molecule has 1 saturated carbocycles. The molecule has 2 fully saturated rings. The van der Waals surface area contributed by atoms with Gasteiger partial charge in [0, 0.05) is 25.1 Å². The first-order valence-electron chi connectivity index (χ1n) is 8.28. The van der Waals surface area contributed by atoms with Gasteiger partial charge in [-0.3, -0.25) is 0 Å². The van der Waals surface area contributed by atoms with E-state index in [-0.39, 0.29) is 12.0 Å². The molecule has 2 aliphatic rings. The van der Waals surface area contributed by atoms with Gasteiger partial charge in [0.05, 0.1) is 24.4 Å². The summed E-state index contributed by atoms with van der Waals surface area (Å²) >= 11 is 0. The van der Waals surface area contributed by atoms with Gasteiger partial charge in [-0.05, 0) is 12.8 Å². The quantitative estimate of drug-likeness (QED) is 0.408. The van der Waals surface area contributed by atoms with Gasteiger partial charge < -0.3 is 41.6 Å². The molecule has 136 valence electrons. The van der Waals surface area contributed by atoms with Crippen molar-refractivity contribution in [3.05, 3.63) is 0 Å². The van der Waals surface area contributed by atoms with Crippen LogP contribution in [-0.4, -0.2) is 72.3 Å². The van der Waals surface area contributed by atoms with Crippen LogP contribution in [0, 0.1) is 5.92 Å². The molecule has 0 amide bonds. The van der Waals surface area contributed by atoms with E-state index in [1.807, 2.05) is 13.8 Å². The molecule has 1 saturated heterocycles. The minimum atomic E-state index is -0.866. The van der Waals surface area contributed by atoms with Gasteiger partial charge in [-0.15, -0.1) is 0 Å². The molecule has 0 aromatic heterocycles. The van der Waals surface area contributed by atoms with Gasteiger partial charge in [0.1, 0.15) is 12.2 Å². The Morgan fingerprint density at radius 2 is 1.74 bits per heavy atom. The standard InChI is InChI=1S/C15H31N3O5/c1-4-9-11(19)6(2)10(18)15(22-9)23-13-8(17)5-7(16)12(20)14(13)21-3/h6-15,19-20H,4-5,16-18H2,1-3H3/t6-,7-,8?,9?,10?,11+,12?,13-,14-,15-/m1/s1. The third-order valence-corrected chi connectivity index (χ3v) is 5.18. The van der Waals surface area contributed by atoms with Crippen LogP contribution in [0.15, 0.2) is 0 Å². The second kappa shape index (κ2) is 7.71. The monoisotopic (exact) mass is 333 g/mol. The molecule has 0 aromatic carbocycles. The van der Waals surface area contributed by atoms with Crippen LogP contribution in [0.5, 0.6) is 0 Å². The summed E-state index contributed by atoms with van der Waals surface area (Å²) in [6, 6.07) is -1.35. The van der Waals surface area contributed by atoms with Crippen LogP contribution in [0.3, 0.4) is 0 Å². The summed E-state index contributed by atoms with van der Waals surface area (Å²) in [6.45, 7) is 3.80. The zero-order valence-electron chi connectivity index (χ0n) is 14.0. The Balaban J connectivity index is 2.12. The molecule has 0 aromatic rings. The molecule has 1 aliphatic heterocycles. The third kappa shape index (κ3) is 3.69. The number of hydrogen-bond donors (Lipinski definition) is 5. The van der Waals surface area contributed by atoms with E-state index in [9.17, 15) is 10.2 Å². The van der Waals surface area contributed by atoms with Gasteiger partial charge in [-0.2, -0.15) is 0 Å². The highest BCUT2D eigenvalue weighted by Gasteiger charge is 2.47. The van der Waals surface area contributed by atoms with Crippen molar-refractivity contribution in [2.24, 2.45) is 23.1 Å². The molecule has 4 unspecified atom stereocenters. The lowest BCUT2D eigenvalue weighted by Gasteiger charge is -2.47. The first kappa shape index (κ1) is 19.0. The Labute approximate surface area is 137 Å². The Bertz CT molecular complexity index is 386. The Morgan fingerprint density at radius 3 is 2.30 bits per heavy atom. The van der Waals surface area contributed by atoms with Crippen molar-refractivity contribution < 1.29 is 24.4 Å². The third-order valence-electron chi connectivity index (χ3n) is 5.18. The minimum absolute atomic E-state index is 0.174. The SMILES string of the molecule is CCC1O[C@H](O[C@@H]2C(N)C[C@@H](N)C(O)[C@H]2OC)C(N)[C@@H](C)[C@@H]1O. The fourth-order valence-corrected chi connectivity index (χ4v) is 3.49. The lowest BCUT2D eigenvalue weighted by molar-refractivity contribution is -0.282. The first-order chi connectivity index (χ1) is 10.8. The Kier molecular flexibility index (Phi) is 6.37. The number of rotatable bonds is 4. The Hall–Kier alpha value is -0.320. The van der Waals surface area contributed by atoms with Crippen molar-refractivity contribution in [3.8, 4) is 0 Å². The summed E-state index contributed by atoms with van der Waals surface area (Å²) in [5.74, 6) is -0.174. The first-order valence-corrected chi connectivity index (χ1v) is 8.28. The second-order valence-corrected chi connectivity index (χ2v) is 6.73. The van der Waals surface area contributed by atoms with Gasteiger partial charge in [-0.25, -0.2) is 0 Å². The fraction of sp³-hybridized carbons (Fsp3) is 1.00. The van der Waals surface area contributed by atoms with E-state index >= 15 is 0 Å². The zero-order chi connectivity index (χ0) is 17.3. The molecule has 23 heavy (non-hydrogen) atoms. The number of aliphatic hydroxyl groups excluding tert-OH is 2. The van der Waals surface area contributed by atoms with Crippen molar-refractivity contribution in [2.75, 3.05) is 7.11 Å². The van der Waals surface area contributed by atoms with Crippen LogP contribution in [0.4, 0.5) is 0 Å². The lowest BCUT2D eigenvalue weighted by Crippen LogP contribution is -2.65. The predicted molar refractivity (Wildman–Crippen MR) is 84.3 cm³/mol. The van der Waals surface area contributed by atoms with Crippen molar-refractivity contribution >= 4 is 0 Å². The number of hydrogen-bond acceptors (Lipinski definition) is 8. The average Bonchev–Trinajstić information content (AvgIpc) is 2.53. The molecular formula is C15H31N3O5. The van der Waals surface area contributed by atoms with Crippen molar-refractivity contribution in [1.82, 2.24) is 0 Å². The van der Waals surface area contributed by atoms with Gasteiger partial charge in [0.2, 0.25) is 0 Å². The molecule has 0 radical (unpaired) electrons. The number of methoxy groups -OCH3 is 1. The van der Waals surface area contributed by atoms with Gasteiger partial charge in [0.25, 0.3) is 0 Å². The molecule has 1 aliphatic carbocycles. The van der Waals surface area contributed by atoms with Crippen LogP contribution in [0.2, 0.25) is 0 Å². The van der Waals surface area contributed by atoms with E-state index in [1.165, 1.54) is 7.11 Å². The van der Waals surface area contributed by atoms with Crippen LogP contribution in [-0.2, 0) is 14.2 Å². The van der Waals surface area contributed by atoms with Crippen LogP contribution < -0.4 is 17.2 Å². The summed E-state index contributed by atoms with van der Waals surface area (Å²) in [5, 5.41) is 20.4. The number of nitrogens with two attached hydrogens (primary N) is 3. The molecule has 1 heterocycles. The summed E-state index contributed by atoms with van der Waals surface area (Å²) in [4.78, 5) is 0. The zero-order valence-corrected chi connectivity index (χ0v) is 14.0. The number of aliphatic hydroxyl groups is 2. The lowest BCUT2D eigenvalue weighted by atomic mass is 9.84. The predicted octanol–water partition coefficient (Wildman–Crippen LogP) is -1.73. The maximum absolute atomic E-state index is 10.2. The molecule has 0 spiro atoms. The molecule has 10 atom stereocenters. The van der Waals surface area contributed by atoms with Gasteiger partial charge in [-0.1, -0.05) is 13.8 Å². The van der Waals surface area contributed by atoms with E-state index < -0.39 is 48.8 Å². The van der Waals surface area contributed by atoms with E-state index in [0.29, 0.717) is 12.8 Å². The minimum Gasteiger partial charge on any atom is -0.390 e. The molecular weight excluding hydrogens is 302 g/mol. The van der Waals surface area contributed by atoms with Crippen LogP contribution in [0.1, 0.15) is 26.7 Å². The maximum Gasteiger partial charge on any atom is 0.173 e. The van der Waals surface area contributed by atoms with E-state index in [0.717, 1.165) is 0 Å². The van der Waals surface area contributed by atoms with Gasteiger partial charge in [0.15, 0.2) is 6.29 Å². The van der Waals surface area contributed by atoms with E-state index in [1.54, 1.807) is 0 Å². The van der Waals surface area contributed by atoms with Crippen LogP contribution in [0.25, 0.3) is 0 Å². The van der Waals surface area contributed by atoms with Crippen molar-refractivity contribution in [1.29, 1.82) is 0 Å². The highest BCUT2D eigenvalue weighted by Crippen LogP contribution is 2.31. The average molecular weight is 333 g/mol. The molecule has 8 heteroatoms. The molecule has 2 rings (SSSR count). The van der Waals surface area contributed by atoms with Gasteiger partial charge >= 0.3 is 0 Å². The summed E-state index contributed by atoms with van der Waals surface area (Å²) in [6.07, 6.45) is -2.71. The summed E-state index contributed by atoms with van der Waals surface area (Å²) in [5.41, 5.74) is 18.2. The molecule has 8 N–H and O–H groups in total. The fourth-order valence-electron chi connectivity index (χ4n) is 3.49. The topological polar surface area (TPSA) is 146 Å².